The zero-order valence-corrected chi connectivity index (χ0v) is 26.6. The van der Waals surface area contributed by atoms with Gasteiger partial charge in [0.2, 0.25) is 0 Å². The SMILES string of the molecule is CC(C)c1cccc(C(C)C)c1NC(CC(Nc1c(C(C)C)cccc1C(C)C)C(C)(C)C)C(C)(C)C. The summed E-state index contributed by atoms with van der Waals surface area (Å²) in [5, 5.41) is 8.28. The van der Waals surface area contributed by atoms with Crippen molar-refractivity contribution in [2.45, 2.75) is 139 Å². The molecule has 37 heavy (non-hydrogen) atoms. The normalized spacial score (nSPS) is 14.5. The molecule has 0 spiro atoms. The Labute approximate surface area is 230 Å². The van der Waals surface area contributed by atoms with E-state index in [9.17, 15) is 0 Å². The average Bonchev–Trinajstić information content (AvgIpc) is 2.75. The number of nitrogens with one attached hydrogen (secondary N) is 2. The zero-order valence-electron chi connectivity index (χ0n) is 26.6. The van der Waals surface area contributed by atoms with Crippen molar-refractivity contribution in [3.63, 3.8) is 0 Å². The van der Waals surface area contributed by atoms with E-state index in [2.05, 4.69) is 144 Å². The summed E-state index contributed by atoms with van der Waals surface area (Å²) in [5.74, 6) is 1.91. The molecule has 2 heteroatoms. The van der Waals surface area contributed by atoms with Crippen LogP contribution in [0.25, 0.3) is 0 Å². The summed E-state index contributed by atoms with van der Waals surface area (Å²) >= 11 is 0. The Balaban J connectivity index is 2.58. The van der Waals surface area contributed by atoms with E-state index in [1.165, 1.54) is 33.6 Å². The van der Waals surface area contributed by atoms with Gasteiger partial charge < -0.3 is 10.6 Å². The highest BCUT2D eigenvalue weighted by molar-refractivity contribution is 5.62. The van der Waals surface area contributed by atoms with Crippen LogP contribution >= 0.6 is 0 Å². The molecule has 0 heterocycles. The van der Waals surface area contributed by atoms with Gasteiger partial charge in [0.1, 0.15) is 0 Å². The van der Waals surface area contributed by atoms with Crippen molar-refractivity contribution in [1.29, 1.82) is 0 Å². The Kier molecular flexibility index (Phi) is 10.4. The van der Waals surface area contributed by atoms with Gasteiger partial charge in [-0.3, -0.25) is 0 Å². The lowest BCUT2D eigenvalue weighted by molar-refractivity contribution is 0.254. The van der Waals surface area contributed by atoms with Gasteiger partial charge >= 0.3 is 0 Å². The minimum Gasteiger partial charge on any atom is -0.381 e. The van der Waals surface area contributed by atoms with Crippen molar-refractivity contribution in [3.8, 4) is 0 Å². The van der Waals surface area contributed by atoms with E-state index < -0.39 is 0 Å². The predicted octanol–water partition coefficient (Wildman–Crippen LogP) is 10.9. The summed E-state index contributed by atoms with van der Waals surface area (Å²) in [6, 6.07) is 14.3. The number of rotatable bonds is 10. The third-order valence-electron chi connectivity index (χ3n) is 7.95. The van der Waals surface area contributed by atoms with Crippen LogP contribution in [0.5, 0.6) is 0 Å². The number of para-hydroxylation sites is 2. The molecule has 2 unspecified atom stereocenters. The maximum Gasteiger partial charge on any atom is 0.0412 e. The van der Waals surface area contributed by atoms with Gasteiger partial charge in [-0.15, -0.1) is 0 Å². The first-order valence-electron chi connectivity index (χ1n) is 14.7. The second-order valence-electron chi connectivity index (χ2n) is 14.6. The van der Waals surface area contributed by atoms with Crippen molar-refractivity contribution < 1.29 is 0 Å². The molecule has 0 saturated heterocycles. The molecule has 0 fully saturated rings. The third kappa shape index (κ3) is 8.01. The highest BCUT2D eigenvalue weighted by Gasteiger charge is 2.35. The van der Waals surface area contributed by atoms with Gasteiger partial charge in [-0.1, -0.05) is 133 Å². The van der Waals surface area contributed by atoms with E-state index >= 15 is 0 Å². The van der Waals surface area contributed by atoms with Gasteiger partial charge in [-0.2, -0.15) is 0 Å². The molecule has 0 aliphatic heterocycles. The predicted molar refractivity (Wildman–Crippen MR) is 168 cm³/mol. The van der Waals surface area contributed by atoms with Crippen molar-refractivity contribution in [2.24, 2.45) is 10.8 Å². The molecule has 0 bridgehead atoms. The lowest BCUT2D eigenvalue weighted by Gasteiger charge is -2.42. The van der Waals surface area contributed by atoms with Crippen LogP contribution in [-0.2, 0) is 0 Å². The number of benzene rings is 2. The van der Waals surface area contributed by atoms with Gasteiger partial charge in [-0.25, -0.2) is 0 Å². The van der Waals surface area contributed by atoms with E-state index in [4.69, 9.17) is 0 Å². The van der Waals surface area contributed by atoms with Gasteiger partial charge in [0.05, 0.1) is 0 Å². The Morgan fingerprint density at radius 2 is 0.730 bits per heavy atom. The molecule has 0 aliphatic rings. The van der Waals surface area contributed by atoms with Crippen LogP contribution in [0.4, 0.5) is 11.4 Å². The summed E-state index contributed by atoms with van der Waals surface area (Å²) in [4.78, 5) is 0. The second kappa shape index (κ2) is 12.3. The van der Waals surface area contributed by atoms with Gasteiger partial charge in [-0.05, 0) is 63.2 Å². The molecular formula is C35H58N2. The maximum absolute atomic E-state index is 4.14. The van der Waals surface area contributed by atoms with Crippen LogP contribution in [0.15, 0.2) is 36.4 Å². The zero-order chi connectivity index (χ0) is 28.3. The minimum atomic E-state index is 0.0992. The summed E-state index contributed by atoms with van der Waals surface area (Å²) in [7, 11) is 0. The topological polar surface area (TPSA) is 24.1 Å². The molecule has 2 rings (SSSR count). The smallest absolute Gasteiger partial charge is 0.0412 e. The molecule has 0 saturated carbocycles. The molecule has 2 aromatic rings. The first-order chi connectivity index (χ1) is 16.9. The van der Waals surface area contributed by atoms with Crippen molar-refractivity contribution in [2.75, 3.05) is 10.6 Å². The molecule has 208 valence electrons. The summed E-state index contributed by atoms with van der Waals surface area (Å²) in [5.41, 5.74) is 8.60. The fourth-order valence-corrected chi connectivity index (χ4v) is 5.28. The molecule has 2 nitrogen and oxygen atoms in total. The first kappa shape index (κ1) is 31.3. The summed E-state index contributed by atoms with van der Waals surface area (Å²) < 4.78 is 0. The summed E-state index contributed by atoms with van der Waals surface area (Å²) in [6.07, 6.45) is 1.04. The Bertz CT molecular complexity index is 865. The van der Waals surface area contributed by atoms with Crippen LogP contribution < -0.4 is 10.6 Å². The highest BCUT2D eigenvalue weighted by Crippen LogP contribution is 2.40. The van der Waals surface area contributed by atoms with Gasteiger partial charge in [0.25, 0.3) is 0 Å². The standard InChI is InChI=1S/C35H58N2/c1-22(2)26-17-15-18-27(23(3)4)32(26)36-30(34(9,10)11)21-31(35(12,13)14)37-33-28(24(5)6)19-16-20-29(33)25(7)8/h15-20,22-25,30-31,36-37H,21H2,1-14H3. The quantitative estimate of drug-likeness (QED) is 0.335. The van der Waals surface area contributed by atoms with E-state index in [1.54, 1.807) is 0 Å². The van der Waals surface area contributed by atoms with Crippen LogP contribution in [0, 0.1) is 10.8 Å². The average molecular weight is 507 g/mol. The number of hydrogen-bond acceptors (Lipinski definition) is 2. The van der Waals surface area contributed by atoms with Crippen molar-refractivity contribution >= 4 is 11.4 Å². The molecule has 2 aromatic carbocycles. The number of hydrogen-bond donors (Lipinski definition) is 2. The lowest BCUT2D eigenvalue weighted by atomic mass is 9.75. The molecule has 2 N–H and O–H groups in total. The molecule has 0 aliphatic carbocycles. The van der Waals surface area contributed by atoms with E-state index in [-0.39, 0.29) is 10.8 Å². The van der Waals surface area contributed by atoms with E-state index in [1.807, 2.05) is 0 Å². The van der Waals surface area contributed by atoms with Gasteiger partial charge in [0, 0.05) is 23.5 Å². The van der Waals surface area contributed by atoms with E-state index in [0.717, 1.165) is 6.42 Å². The number of anilines is 2. The highest BCUT2D eigenvalue weighted by atomic mass is 15.0. The Morgan fingerprint density at radius 1 is 0.486 bits per heavy atom. The van der Waals surface area contributed by atoms with Crippen LogP contribution in [-0.4, -0.2) is 12.1 Å². The van der Waals surface area contributed by atoms with Crippen LogP contribution in [0.3, 0.4) is 0 Å². The van der Waals surface area contributed by atoms with Gasteiger partial charge in [0.15, 0.2) is 0 Å². The Hall–Kier alpha value is -1.96. The maximum atomic E-state index is 4.14. The molecular weight excluding hydrogens is 448 g/mol. The largest absolute Gasteiger partial charge is 0.381 e. The third-order valence-corrected chi connectivity index (χ3v) is 7.95. The van der Waals surface area contributed by atoms with Crippen molar-refractivity contribution in [1.82, 2.24) is 0 Å². The van der Waals surface area contributed by atoms with Crippen LogP contribution in [0.2, 0.25) is 0 Å². The molecule has 2 atom stereocenters. The molecule has 0 amide bonds. The fourth-order valence-electron chi connectivity index (χ4n) is 5.28. The van der Waals surface area contributed by atoms with E-state index in [0.29, 0.717) is 35.8 Å². The fraction of sp³-hybridized carbons (Fsp3) is 0.657. The second-order valence-corrected chi connectivity index (χ2v) is 14.6. The first-order valence-corrected chi connectivity index (χ1v) is 14.7. The monoisotopic (exact) mass is 506 g/mol. The molecule has 0 aromatic heterocycles. The summed E-state index contributed by atoms with van der Waals surface area (Å²) in [6.45, 7) is 32.8. The molecule has 0 radical (unpaired) electrons. The van der Waals surface area contributed by atoms with Crippen LogP contribution in [0.1, 0.15) is 149 Å². The Morgan fingerprint density at radius 3 is 0.919 bits per heavy atom. The van der Waals surface area contributed by atoms with Crippen molar-refractivity contribution in [3.05, 3.63) is 58.7 Å². The minimum absolute atomic E-state index is 0.0992. The lowest BCUT2D eigenvalue weighted by Crippen LogP contribution is -2.44.